The smallest absolute Gasteiger partial charge is 0.234 e. The van der Waals surface area contributed by atoms with E-state index in [0.29, 0.717) is 5.13 Å². The Morgan fingerprint density at radius 2 is 1.74 bits per heavy atom. The fourth-order valence-corrected chi connectivity index (χ4v) is 5.89. The molecule has 5 atom stereocenters. The summed E-state index contributed by atoms with van der Waals surface area (Å²) >= 11 is 1.34. The van der Waals surface area contributed by atoms with Gasteiger partial charge in [0.1, 0.15) is 5.01 Å². The predicted octanol–water partition coefficient (Wildman–Crippen LogP) is 3.54. The van der Waals surface area contributed by atoms with Gasteiger partial charge in [-0.3, -0.25) is 19.3 Å². The first-order chi connectivity index (χ1) is 14.9. The number of carbonyl (C=O) groups excluding carboxylic acids is 3. The van der Waals surface area contributed by atoms with Gasteiger partial charge in [0, 0.05) is 5.92 Å². The highest BCUT2D eigenvalue weighted by atomic mass is 32.1. The van der Waals surface area contributed by atoms with Gasteiger partial charge in [-0.05, 0) is 23.8 Å². The number of aromatic nitrogens is 2. The molecule has 0 radical (unpaired) electrons. The quantitative estimate of drug-likeness (QED) is 0.552. The van der Waals surface area contributed by atoms with Crippen molar-refractivity contribution in [1.82, 2.24) is 15.1 Å². The number of benzene rings is 1. The minimum absolute atomic E-state index is 0.0136. The van der Waals surface area contributed by atoms with Crippen molar-refractivity contribution in [1.29, 1.82) is 0 Å². The third kappa shape index (κ3) is 3.39. The van der Waals surface area contributed by atoms with Crippen LogP contribution in [0.1, 0.15) is 49.2 Å². The Labute approximate surface area is 184 Å². The van der Waals surface area contributed by atoms with Gasteiger partial charge in [-0.15, -0.1) is 10.2 Å². The van der Waals surface area contributed by atoms with Crippen LogP contribution in [-0.2, 0) is 14.4 Å². The largest absolute Gasteiger partial charge is 0.300 e. The molecule has 5 rings (SSSR count). The molecule has 1 aliphatic heterocycles. The summed E-state index contributed by atoms with van der Waals surface area (Å²) < 4.78 is 0. The number of likely N-dealkylation sites (tertiary alicyclic amines) is 1. The van der Waals surface area contributed by atoms with Crippen LogP contribution in [0, 0.1) is 23.7 Å². The minimum atomic E-state index is -0.635. The van der Waals surface area contributed by atoms with E-state index in [4.69, 9.17) is 0 Å². The maximum atomic E-state index is 13.3. The molecule has 2 aromatic rings. The number of hydrogen-bond donors (Lipinski definition) is 1. The summed E-state index contributed by atoms with van der Waals surface area (Å²) in [5.41, 5.74) is 0.778. The fraction of sp³-hybridized carbons (Fsp3) is 0.435. The Hall–Kier alpha value is -2.87. The second-order valence-electron chi connectivity index (χ2n) is 8.83. The lowest BCUT2D eigenvalue weighted by Gasteiger charge is -2.27. The molecule has 31 heavy (non-hydrogen) atoms. The normalized spacial score (nSPS) is 27.3. The number of allylic oxidation sites excluding steroid dienone is 2. The lowest BCUT2D eigenvalue weighted by atomic mass is 9.85. The van der Waals surface area contributed by atoms with Gasteiger partial charge in [0.2, 0.25) is 22.9 Å². The number of carbonyl (C=O) groups is 3. The second kappa shape index (κ2) is 7.67. The van der Waals surface area contributed by atoms with Crippen LogP contribution in [0.2, 0.25) is 0 Å². The molecule has 8 heteroatoms. The summed E-state index contributed by atoms with van der Waals surface area (Å²) in [6.45, 7) is 4.03. The van der Waals surface area contributed by atoms with Crippen molar-refractivity contribution in [2.75, 3.05) is 5.32 Å². The molecular formula is C23H24N4O3S. The molecule has 2 heterocycles. The van der Waals surface area contributed by atoms with Crippen LogP contribution in [0.4, 0.5) is 5.13 Å². The molecule has 3 amide bonds. The van der Waals surface area contributed by atoms with Gasteiger partial charge in [-0.25, -0.2) is 0 Å². The van der Waals surface area contributed by atoms with Gasteiger partial charge in [0.25, 0.3) is 0 Å². The molecule has 2 fully saturated rings. The molecule has 2 bridgehead atoms. The SMILES string of the molecule is CC(C)c1nnc(NC(=O)CC(c2ccccc2)N2C(=O)C3C4C=CC(C4)C3C2=O)s1. The van der Waals surface area contributed by atoms with E-state index in [1.54, 1.807) is 0 Å². The Morgan fingerprint density at radius 1 is 1.10 bits per heavy atom. The standard InChI is InChI=1S/C23H24N4O3S/c1-12(2)20-25-26-23(31-20)24-17(28)11-16(13-6-4-3-5-7-13)27-21(29)18-14-8-9-15(10-14)19(18)22(27)30/h3-9,12,14-16,18-19H,10-11H2,1-2H3,(H,24,26,28). The molecule has 3 aliphatic rings. The number of amides is 3. The molecule has 1 saturated heterocycles. The fourth-order valence-electron chi connectivity index (χ4n) is 5.13. The molecule has 1 N–H and O–H groups in total. The van der Waals surface area contributed by atoms with Gasteiger partial charge < -0.3 is 5.32 Å². The van der Waals surface area contributed by atoms with Crippen LogP contribution in [0.5, 0.6) is 0 Å². The van der Waals surface area contributed by atoms with Gasteiger partial charge >= 0.3 is 0 Å². The molecule has 2 aliphatic carbocycles. The lowest BCUT2D eigenvalue weighted by molar-refractivity contribution is -0.144. The van der Waals surface area contributed by atoms with Crippen LogP contribution in [0.25, 0.3) is 0 Å². The summed E-state index contributed by atoms with van der Waals surface area (Å²) in [6, 6.07) is 8.68. The number of anilines is 1. The van der Waals surface area contributed by atoms with Crippen LogP contribution in [0.3, 0.4) is 0 Å². The van der Waals surface area contributed by atoms with Crippen LogP contribution < -0.4 is 5.32 Å². The third-order valence-corrected chi connectivity index (χ3v) is 7.70. The summed E-state index contributed by atoms with van der Waals surface area (Å²) in [5, 5.41) is 12.2. The van der Waals surface area contributed by atoms with E-state index in [1.807, 2.05) is 44.2 Å². The molecule has 0 spiro atoms. The molecule has 1 saturated carbocycles. The average Bonchev–Trinajstić information content (AvgIpc) is 3.52. The van der Waals surface area contributed by atoms with E-state index in [9.17, 15) is 14.4 Å². The highest BCUT2D eigenvalue weighted by Crippen LogP contribution is 2.54. The van der Waals surface area contributed by atoms with Crippen molar-refractivity contribution in [2.45, 2.75) is 38.6 Å². The van der Waals surface area contributed by atoms with Crippen molar-refractivity contribution in [3.8, 4) is 0 Å². The third-order valence-electron chi connectivity index (χ3n) is 6.56. The van der Waals surface area contributed by atoms with E-state index in [0.717, 1.165) is 17.0 Å². The van der Waals surface area contributed by atoms with Crippen LogP contribution in [0.15, 0.2) is 42.5 Å². The highest BCUT2D eigenvalue weighted by molar-refractivity contribution is 7.15. The van der Waals surface area contributed by atoms with Crippen LogP contribution in [-0.4, -0.2) is 32.8 Å². The van der Waals surface area contributed by atoms with Gasteiger partial charge in [0.05, 0.1) is 24.3 Å². The van der Waals surface area contributed by atoms with E-state index in [-0.39, 0.29) is 53.7 Å². The summed E-state index contributed by atoms with van der Waals surface area (Å²) in [4.78, 5) is 40.9. The predicted molar refractivity (Wildman–Crippen MR) is 116 cm³/mol. The molecule has 5 unspecified atom stereocenters. The van der Waals surface area contributed by atoms with Crippen molar-refractivity contribution in [2.24, 2.45) is 23.7 Å². The Bertz CT molecular complexity index is 1030. The van der Waals surface area contributed by atoms with E-state index < -0.39 is 6.04 Å². The Balaban J connectivity index is 1.40. The number of imide groups is 1. The molecule has 1 aromatic carbocycles. The van der Waals surface area contributed by atoms with Crippen molar-refractivity contribution >= 4 is 34.2 Å². The van der Waals surface area contributed by atoms with E-state index in [1.165, 1.54) is 16.2 Å². The summed E-state index contributed by atoms with van der Waals surface area (Å²) in [5.74, 6) is -0.655. The monoisotopic (exact) mass is 436 g/mol. The van der Waals surface area contributed by atoms with Gasteiger partial charge in [0.15, 0.2) is 0 Å². The maximum absolute atomic E-state index is 13.3. The zero-order valence-electron chi connectivity index (χ0n) is 17.4. The topological polar surface area (TPSA) is 92.3 Å². The second-order valence-corrected chi connectivity index (χ2v) is 9.83. The number of rotatable bonds is 6. The lowest BCUT2D eigenvalue weighted by Crippen LogP contribution is -2.38. The molecule has 160 valence electrons. The highest BCUT2D eigenvalue weighted by Gasteiger charge is 2.60. The van der Waals surface area contributed by atoms with Crippen molar-refractivity contribution in [3.05, 3.63) is 53.1 Å². The van der Waals surface area contributed by atoms with Crippen LogP contribution >= 0.6 is 11.3 Å². The number of nitrogens with zero attached hydrogens (tertiary/aromatic N) is 3. The molecule has 7 nitrogen and oxygen atoms in total. The van der Waals surface area contributed by atoms with E-state index in [2.05, 4.69) is 27.7 Å². The summed E-state index contributed by atoms with van der Waals surface area (Å²) in [7, 11) is 0. The zero-order valence-corrected chi connectivity index (χ0v) is 18.2. The summed E-state index contributed by atoms with van der Waals surface area (Å²) in [6.07, 6.45) is 5.02. The maximum Gasteiger partial charge on any atom is 0.234 e. The van der Waals surface area contributed by atoms with Crippen molar-refractivity contribution < 1.29 is 14.4 Å². The zero-order chi connectivity index (χ0) is 21.7. The molecule has 1 aromatic heterocycles. The first-order valence-corrected chi connectivity index (χ1v) is 11.5. The van der Waals surface area contributed by atoms with E-state index >= 15 is 0 Å². The molecular weight excluding hydrogens is 412 g/mol. The number of hydrogen-bond acceptors (Lipinski definition) is 6. The first-order valence-electron chi connectivity index (χ1n) is 10.7. The Kier molecular flexibility index (Phi) is 4.97. The average molecular weight is 437 g/mol. The minimum Gasteiger partial charge on any atom is -0.300 e. The van der Waals surface area contributed by atoms with Crippen molar-refractivity contribution in [3.63, 3.8) is 0 Å². The van der Waals surface area contributed by atoms with Gasteiger partial charge in [-0.2, -0.15) is 0 Å². The van der Waals surface area contributed by atoms with Gasteiger partial charge in [-0.1, -0.05) is 67.7 Å². The number of nitrogens with one attached hydrogen (secondary N) is 1. The Morgan fingerprint density at radius 3 is 2.32 bits per heavy atom. The first kappa shape index (κ1) is 20.1. The number of fused-ring (bicyclic) bond motifs is 5.